The SMILES string of the molecule is CC(C)N(C(=O)CN(c1ccc([N+](=O)[O-])cc1)S(=O)(=O)c1ccccc1)C(C)C. The fourth-order valence-electron chi connectivity index (χ4n) is 3.15. The lowest BCUT2D eigenvalue weighted by Gasteiger charge is -2.33. The van der Waals surface area contributed by atoms with Gasteiger partial charge in [-0.1, -0.05) is 18.2 Å². The van der Waals surface area contributed by atoms with Gasteiger partial charge in [0.25, 0.3) is 15.7 Å². The third-order valence-corrected chi connectivity index (χ3v) is 6.15. The maximum atomic E-state index is 13.3. The van der Waals surface area contributed by atoms with Crippen molar-refractivity contribution in [3.8, 4) is 0 Å². The number of carbonyl (C=O) groups excluding carboxylic acids is 1. The molecule has 0 bridgehead atoms. The molecule has 0 saturated carbocycles. The molecule has 156 valence electrons. The Hall–Kier alpha value is -2.94. The minimum Gasteiger partial charge on any atom is -0.336 e. The Morgan fingerprint density at radius 3 is 1.93 bits per heavy atom. The van der Waals surface area contributed by atoms with Crippen LogP contribution in [0.1, 0.15) is 27.7 Å². The summed E-state index contributed by atoms with van der Waals surface area (Å²) in [4.78, 5) is 25.0. The van der Waals surface area contributed by atoms with Crippen LogP contribution in [-0.4, -0.2) is 42.8 Å². The smallest absolute Gasteiger partial charge is 0.269 e. The molecular weight excluding hydrogens is 394 g/mol. The predicted octanol–water partition coefficient (Wildman–Crippen LogP) is 3.44. The zero-order chi connectivity index (χ0) is 21.8. The van der Waals surface area contributed by atoms with Crippen molar-refractivity contribution >= 4 is 27.3 Å². The van der Waals surface area contributed by atoms with Gasteiger partial charge in [-0.3, -0.25) is 19.2 Å². The van der Waals surface area contributed by atoms with E-state index < -0.39 is 21.5 Å². The Morgan fingerprint density at radius 1 is 0.966 bits per heavy atom. The van der Waals surface area contributed by atoms with Crippen molar-refractivity contribution in [2.45, 2.75) is 44.7 Å². The molecule has 0 heterocycles. The van der Waals surface area contributed by atoms with E-state index in [0.29, 0.717) is 0 Å². The number of hydrogen-bond donors (Lipinski definition) is 0. The molecule has 0 radical (unpaired) electrons. The first-order chi connectivity index (χ1) is 13.6. The first kappa shape index (κ1) is 22.4. The van der Waals surface area contributed by atoms with Crippen LogP contribution < -0.4 is 4.31 Å². The summed E-state index contributed by atoms with van der Waals surface area (Å²) in [6.45, 7) is 7.03. The van der Waals surface area contributed by atoms with Crippen molar-refractivity contribution < 1.29 is 18.1 Å². The summed E-state index contributed by atoms with van der Waals surface area (Å²) in [5.41, 5.74) is 0.0170. The van der Waals surface area contributed by atoms with Crippen LogP contribution in [0.5, 0.6) is 0 Å². The number of non-ortho nitro benzene ring substituents is 1. The van der Waals surface area contributed by atoms with E-state index in [1.807, 2.05) is 27.7 Å². The third kappa shape index (κ3) is 5.11. The number of benzene rings is 2. The monoisotopic (exact) mass is 419 g/mol. The highest BCUT2D eigenvalue weighted by atomic mass is 32.2. The van der Waals surface area contributed by atoms with Gasteiger partial charge in [-0.25, -0.2) is 8.42 Å². The highest BCUT2D eigenvalue weighted by Crippen LogP contribution is 2.26. The van der Waals surface area contributed by atoms with Gasteiger partial charge in [0.2, 0.25) is 5.91 Å². The van der Waals surface area contributed by atoms with E-state index in [9.17, 15) is 23.3 Å². The third-order valence-electron chi connectivity index (χ3n) is 4.36. The van der Waals surface area contributed by atoms with Gasteiger partial charge in [0, 0.05) is 24.2 Å². The molecular formula is C20H25N3O5S. The lowest BCUT2D eigenvalue weighted by Crippen LogP contribution is -2.48. The van der Waals surface area contributed by atoms with Gasteiger partial charge in [0.15, 0.2) is 0 Å². The molecule has 0 N–H and O–H groups in total. The van der Waals surface area contributed by atoms with E-state index in [1.165, 1.54) is 36.4 Å². The molecule has 2 rings (SSSR count). The summed E-state index contributed by atoms with van der Waals surface area (Å²) in [6.07, 6.45) is 0. The molecule has 2 aromatic carbocycles. The zero-order valence-corrected chi connectivity index (χ0v) is 17.7. The van der Waals surface area contributed by atoms with E-state index >= 15 is 0 Å². The molecule has 0 aromatic heterocycles. The number of anilines is 1. The standard InChI is InChI=1S/C20H25N3O5S/c1-15(2)22(16(3)4)20(24)14-21(17-10-12-18(13-11-17)23(25)26)29(27,28)19-8-6-5-7-9-19/h5-13,15-16H,14H2,1-4H3. The summed E-state index contributed by atoms with van der Waals surface area (Å²) in [5.74, 6) is -0.354. The highest BCUT2D eigenvalue weighted by Gasteiger charge is 2.30. The molecule has 0 aliphatic rings. The minimum absolute atomic E-state index is 0.0341. The summed E-state index contributed by atoms with van der Waals surface area (Å²) in [6, 6.07) is 12.7. The molecule has 8 nitrogen and oxygen atoms in total. The number of carbonyl (C=O) groups is 1. The molecule has 0 saturated heterocycles. The van der Waals surface area contributed by atoms with Gasteiger partial charge in [-0.05, 0) is 52.0 Å². The molecule has 2 aromatic rings. The number of rotatable bonds is 8. The summed E-state index contributed by atoms with van der Waals surface area (Å²) >= 11 is 0. The van der Waals surface area contributed by atoms with Crippen molar-refractivity contribution in [3.63, 3.8) is 0 Å². The van der Waals surface area contributed by atoms with E-state index in [4.69, 9.17) is 0 Å². The van der Waals surface area contributed by atoms with E-state index in [1.54, 1.807) is 23.1 Å². The van der Waals surface area contributed by atoms with Gasteiger partial charge in [-0.15, -0.1) is 0 Å². The molecule has 9 heteroatoms. The van der Waals surface area contributed by atoms with Crippen molar-refractivity contribution in [2.24, 2.45) is 0 Å². The van der Waals surface area contributed by atoms with Crippen LogP contribution in [-0.2, 0) is 14.8 Å². The van der Waals surface area contributed by atoms with Crippen LogP contribution in [0.3, 0.4) is 0 Å². The van der Waals surface area contributed by atoms with Gasteiger partial charge in [0.05, 0.1) is 15.5 Å². The van der Waals surface area contributed by atoms with Crippen LogP contribution in [0.15, 0.2) is 59.5 Å². The Balaban J connectivity index is 2.51. The second kappa shape index (κ2) is 9.04. The molecule has 0 aliphatic heterocycles. The van der Waals surface area contributed by atoms with Crippen LogP contribution in [0, 0.1) is 10.1 Å². The Labute approximate surface area is 171 Å². The van der Waals surface area contributed by atoms with E-state index in [-0.39, 0.29) is 34.3 Å². The molecule has 1 amide bonds. The lowest BCUT2D eigenvalue weighted by atomic mass is 10.2. The zero-order valence-electron chi connectivity index (χ0n) is 16.8. The fraction of sp³-hybridized carbons (Fsp3) is 0.350. The number of sulfonamides is 1. The van der Waals surface area contributed by atoms with Gasteiger partial charge in [0.1, 0.15) is 6.54 Å². The number of nitro benzene ring substituents is 1. The molecule has 0 spiro atoms. The molecule has 0 atom stereocenters. The average molecular weight is 420 g/mol. The van der Waals surface area contributed by atoms with Crippen molar-refractivity contribution in [1.82, 2.24) is 4.90 Å². The quantitative estimate of drug-likeness (QED) is 0.482. The molecule has 0 unspecified atom stereocenters. The van der Waals surface area contributed by atoms with Crippen molar-refractivity contribution in [2.75, 3.05) is 10.8 Å². The largest absolute Gasteiger partial charge is 0.336 e. The van der Waals surface area contributed by atoms with Crippen LogP contribution >= 0.6 is 0 Å². The topological polar surface area (TPSA) is 101 Å². The van der Waals surface area contributed by atoms with Crippen LogP contribution in [0.4, 0.5) is 11.4 Å². The summed E-state index contributed by atoms with van der Waals surface area (Å²) in [7, 11) is -4.05. The Kier molecular flexibility index (Phi) is 6.97. The second-order valence-corrected chi connectivity index (χ2v) is 8.95. The maximum absolute atomic E-state index is 13.3. The van der Waals surface area contributed by atoms with Gasteiger partial charge < -0.3 is 4.90 Å². The normalized spacial score (nSPS) is 11.5. The number of nitro groups is 1. The van der Waals surface area contributed by atoms with Crippen molar-refractivity contribution in [3.05, 3.63) is 64.7 Å². The summed E-state index contributed by atoms with van der Waals surface area (Å²) < 4.78 is 27.5. The van der Waals surface area contributed by atoms with Crippen LogP contribution in [0.2, 0.25) is 0 Å². The molecule has 29 heavy (non-hydrogen) atoms. The van der Waals surface area contributed by atoms with Gasteiger partial charge in [-0.2, -0.15) is 0 Å². The van der Waals surface area contributed by atoms with Gasteiger partial charge >= 0.3 is 0 Å². The number of amides is 1. The minimum atomic E-state index is -4.05. The predicted molar refractivity (Wildman–Crippen MR) is 111 cm³/mol. The molecule has 0 aliphatic carbocycles. The second-order valence-electron chi connectivity index (χ2n) is 7.09. The Bertz CT molecular complexity index is 949. The summed E-state index contributed by atoms with van der Waals surface area (Å²) in [5, 5.41) is 10.9. The average Bonchev–Trinajstić information content (AvgIpc) is 2.66. The molecule has 0 fully saturated rings. The van der Waals surface area contributed by atoms with Crippen LogP contribution in [0.25, 0.3) is 0 Å². The Morgan fingerprint density at radius 2 is 1.48 bits per heavy atom. The van der Waals surface area contributed by atoms with E-state index in [0.717, 1.165) is 4.31 Å². The lowest BCUT2D eigenvalue weighted by molar-refractivity contribution is -0.384. The first-order valence-corrected chi connectivity index (χ1v) is 10.6. The number of nitrogens with zero attached hydrogens (tertiary/aromatic N) is 3. The maximum Gasteiger partial charge on any atom is 0.269 e. The first-order valence-electron chi connectivity index (χ1n) is 9.19. The van der Waals surface area contributed by atoms with E-state index in [2.05, 4.69) is 0 Å². The number of hydrogen-bond acceptors (Lipinski definition) is 5. The highest BCUT2D eigenvalue weighted by molar-refractivity contribution is 7.92. The fourth-order valence-corrected chi connectivity index (χ4v) is 4.59. The van der Waals surface area contributed by atoms with Crippen molar-refractivity contribution in [1.29, 1.82) is 0 Å².